The zero-order valence-corrected chi connectivity index (χ0v) is 13.2. The summed E-state index contributed by atoms with van der Waals surface area (Å²) in [6, 6.07) is 6.46. The van der Waals surface area contributed by atoms with Crippen LogP contribution in [0.3, 0.4) is 0 Å². The van der Waals surface area contributed by atoms with Crippen molar-refractivity contribution < 1.29 is 8.42 Å². The maximum Gasteiger partial charge on any atom is 0.241 e. The Labute approximate surface area is 125 Å². The minimum absolute atomic E-state index is 0.200. The van der Waals surface area contributed by atoms with Gasteiger partial charge in [0.2, 0.25) is 10.0 Å². The van der Waals surface area contributed by atoms with Gasteiger partial charge in [-0.25, -0.2) is 13.1 Å². The summed E-state index contributed by atoms with van der Waals surface area (Å²) in [4.78, 5) is 0.417. The lowest BCUT2D eigenvalue weighted by molar-refractivity contribution is 0.294. The normalized spacial score (nSPS) is 18.6. The molecule has 1 aromatic rings. The van der Waals surface area contributed by atoms with Crippen LogP contribution in [0.4, 0.5) is 0 Å². The first kappa shape index (κ1) is 15.4. The summed E-state index contributed by atoms with van der Waals surface area (Å²) in [5.41, 5.74) is 5.77. The third-order valence-corrected chi connectivity index (χ3v) is 5.64. The lowest BCUT2D eigenvalue weighted by Crippen LogP contribution is -2.47. The van der Waals surface area contributed by atoms with Crippen LogP contribution in [0.5, 0.6) is 0 Å². The van der Waals surface area contributed by atoms with Crippen LogP contribution in [0.2, 0.25) is 0 Å². The van der Waals surface area contributed by atoms with E-state index in [1.165, 1.54) is 12.5 Å². The highest BCUT2D eigenvalue weighted by atomic mass is 32.2. The molecule has 3 N–H and O–H groups in total. The minimum atomic E-state index is -3.54. The molecule has 0 unspecified atom stereocenters. The molecule has 0 spiro atoms. The molecular formula is C14H20N2O2S2. The van der Waals surface area contributed by atoms with E-state index in [0.29, 0.717) is 5.56 Å². The van der Waals surface area contributed by atoms with Crippen LogP contribution in [0.25, 0.3) is 0 Å². The monoisotopic (exact) mass is 312 g/mol. The van der Waals surface area contributed by atoms with E-state index in [4.69, 9.17) is 18.0 Å². The first-order valence-corrected chi connectivity index (χ1v) is 8.65. The van der Waals surface area contributed by atoms with E-state index in [0.717, 1.165) is 25.7 Å². The molecule has 0 amide bonds. The van der Waals surface area contributed by atoms with Gasteiger partial charge in [-0.15, -0.1) is 0 Å². The molecule has 1 aliphatic carbocycles. The molecule has 1 aliphatic rings. The van der Waals surface area contributed by atoms with Crippen LogP contribution in [-0.2, 0) is 10.0 Å². The SMILES string of the molecule is CC1(NS(=O)(=O)c2cccc(C(N)=S)c2)CCCCC1. The Balaban J connectivity index is 2.26. The average Bonchev–Trinajstić information content (AvgIpc) is 2.38. The molecule has 0 aromatic heterocycles. The summed E-state index contributed by atoms with van der Waals surface area (Å²) >= 11 is 4.89. The molecule has 0 bridgehead atoms. The van der Waals surface area contributed by atoms with Crippen molar-refractivity contribution in [1.29, 1.82) is 0 Å². The first-order chi connectivity index (χ1) is 9.32. The van der Waals surface area contributed by atoms with E-state index in [2.05, 4.69) is 4.72 Å². The average molecular weight is 312 g/mol. The van der Waals surface area contributed by atoms with Gasteiger partial charge < -0.3 is 5.73 Å². The van der Waals surface area contributed by atoms with Crippen molar-refractivity contribution in [2.75, 3.05) is 0 Å². The highest BCUT2D eigenvalue weighted by Gasteiger charge is 2.32. The summed E-state index contributed by atoms with van der Waals surface area (Å²) in [5.74, 6) is 0. The molecule has 20 heavy (non-hydrogen) atoms. The van der Waals surface area contributed by atoms with E-state index in [1.807, 2.05) is 6.92 Å². The fourth-order valence-electron chi connectivity index (χ4n) is 2.63. The van der Waals surface area contributed by atoms with Gasteiger partial charge in [0.25, 0.3) is 0 Å². The largest absolute Gasteiger partial charge is 0.389 e. The number of rotatable bonds is 4. The first-order valence-electron chi connectivity index (χ1n) is 6.76. The molecule has 4 nitrogen and oxygen atoms in total. The fourth-order valence-corrected chi connectivity index (χ4v) is 4.27. The summed E-state index contributed by atoms with van der Waals surface area (Å²) < 4.78 is 27.8. The molecule has 0 heterocycles. The van der Waals surface area contributed by atoms with Gasteiger partial charge in [0.15, 0.2) is 0 Å². The Bertz CT molecular complexity index is 605. The summed E-state index contributed by atoms with van der Waals surface area (Å²) in [5, 5.41) is 0. The molecule has 0 aliphatic heterocycles. The molecule has 0 radical (unpaired) electrons. The smallest absolute Gasteiger partial charge is 0.241 e. The molecular weight excluding hydrogens is 292 g/mol. The molecule has 1 aromatic carbocycles. The number of nitrogens with one attached hydrogen (secondary N) is 1. The van der Waals surface area contributed by atoms with Crippen LogP contribution in [0.15, 0.2) is 29.2 Å². The van der Waals surface area contributed by atoms with Gasteiger partial charge in [-0.3, -0.25) is 0 Å². The Kier molecular flexibility index (Phi) is 4.46. The van der Waals surface area contributed by atoms with Crippen molar-refractivity contribution >= 4 is 27.2 Å². The standard InChI is InChI=1S/C14H20N2O2S2/c1-14(8-3-2-4-9-14)16-20(17,18)12-7-5-6-11(10-12)13(15)19/h5-7,10,16H,2-4,8-9H2,1H3,(H2,15,19). The highest BCUT2D eigenvalue weighted by Crippen LogP contribution is 2.29. The van der Waals surface area contributed by atoms with E-state index in [9.17, 15) is 8.42 Å². The second-order valence-corrected chi connectivity index (χ2v) is 7.74. The Morgan fingerprint density at radius 1 is 1.30 bits per heavy atom. The van der Waals surface area contributed by atoms with Gasteiger partial charge in [0, 0.05) is 11.1 Å². The third-order valence-electron chi connectivity index (χ3n) is 3.77. The number of hydrogen-bond donors (Lipinski definition) is 2. The lowest BCUT2D eigenvalue weighted by Gasteiger charge is -2.34. The lowest BCUT2D eigenvalue weighted by atomic mass is 9.84. The third kappa shape index (κ3) is 3.56. The Morgan fingerprint density at radius 2 is 1.95 bits per heavy atom. The molecule has 110 valence electrons. The minimum Gasteiger partial charge on any atom is -0.389 e. The Hall–Kier alpha value is -0.980. The van der Waals surface area contributed by atoms with Crippen molar-refractivity contribution in [2.45, 2.75) is 49.5 Å². The summed E-state index contributed by atoms with van der Waals surface area (Å²) in [7, 11) is -3.54. The maximum atomic E-state index is 12.5. The van der Waals surface area contributed by atoms with Crippen LogP contribution in [0.1, 0.15) is 44.6 Å². The van der Waals surface area contributed by atoms with Gasteiger partial charge >= 0.3 is 0 Å². The zero-order valence-electron chi connectivity index (χ0n) is 11.6. The molecule has 1 saturated carbocycles. The molecule has 0 atom stereocenters. The van der Waals surface area contributed by atoms with Crippen molar-refractivity contribution in [3.63, 3.8) is 0 Å². The number of sulfonamides is 1. The number of benzene rings is 1. The highest BCUT2D eigenvalue weighted by molar-refractivity contribution is 7.89. The van der Waals surface area contributed by atoms with Crippen molar-refractivity contribution in [1.82, 2.24) is 4.72 Å². The van der Waals surface area contributed by atoms with Crippen LogP contribution in [-0.4, -0.2) is 18.9 Å². The van der Waals surface area contributed by atoms with Crippen molar-refractivity contribution in [2.24, 2.45) is 5.73 Å². The second-order valence-electron chi connectivity index (χ2n) is 5.62. The number of nitrogens with two attached hydrogens (primary N) is 1. The van der Waals surface area contributed by atoms with Gasteiger partial charge in [0.1, 0.15) is 4.99 Å². The zero-order chi connectivity index (χ0) is 14.8. The van der Waals surface area contributed by atoms with E-state index in [-0.39, 0.29) is 15.4 Å². The van der Waals surface area contributed by atoms with Crippen LogP contribution in [0, 0.1) is 0 Å². The van der Waals surface area contributed by atoms with Gasteiger partial charge in [0.05, 0.1) is 4.90 Å². The fraction of sp³-hybridized carbons (Fsp3) is 0.500. The molecule has 0 saturated heterocycles. The predicted molar refractivity (Wildman–Crippen MR) is 84.1 cm³/mol. The molecule has 1 fully saturated rings. The quantitative estimate of drug-likeness (QED) is 0.837. The molecule has 6 heteroatoms. The predicted octanol–water partition coefficient (Wildman–Crippen LogP) is 2.32. The van der Waals surface area contributed by atoms with E-state index in [1.54, 1.807) is 18.2 Å². The topological polar surface area (TPSA) is 72.2 Å². The number of thiocarbonyl (C=S) groups is 1. The van der Waals surface area contributed by atoms with Crippen LogP contribution >= 0.6 is 12.2 Å². The van der Waals surface area contributed by atoms with Crippen LogP contribution < -0.4 is 10.5 Å². The Morgan fingerprint density at radius 3 is 2.55 bits per heavy atom. The van der Waals surface area contributed by atoms with Gasteiger partial charge in [-0.05, 0) is 31.9 Å². The van der Waals surface area contributed by atoms with E-state index < -0.39 is 10.0 Å². The number of hydrogen-bond acceptors (Lipinski definition) is 3. The maximum absolute atomic E-state index is 12.5. The van der Waals surface area contributed by atoms with Crippen molar-refractivity contribution in [3.8, 4) is 0 Å². The summed E-state index contributed by atoms with van der Waals surface area (Å²) in [6.45, 7) is 1.97. The van der Waals surface area contributed by atoms with Gasteiger partial charge in [-0.1, -0.05) is 43.6 Å². The second kappa shape index (κ2) is 5.79. The van der Waals surface area contributed by atoms with E-state index >= 15 is 0 Å². The van der Waals surface area contributed by atoms with Crippen molar-refractivity contribution in [3.05, 3.63) is 29.8 Å². The van der Waals surface area contributed by atoms with Gasteiger partial charge in [-0.2, -0.15) is 0 Å². The summed E-state index contributed by atoms with van der Waals surface area (Å²) in [6.07, 6.45) is 5.05. The molecule has 2 rings (SSSR count).